The van der Waals surface area contributed by atoms with Crippen LogP contribution in [0, 0.1) is 10.1 Å². The standard InChI is InChI=1S/C13H22N4O2/c1-5-9-16(10(3)4)13-11(17(18)19)7-8-12(15-13)14-6-2/h7-8,10H,5-6,9H2,1-4H3,(H,14,15). The Kier molecular flexibility index (Phi) is 5.54. The number of pyridine rings is 1. The molecule has 1 aromatic heterocycles. The third-order valence-corrected chi connectivity index (χ3v) is 2.77. The average Bonchev–Trinajstić information content (AvgIpc) is 2.35. The van der Waals surface area contributed by atoms with E-state index in [-0.39, 0.29) is 16.7 Å². The maximum Gasteiger partial charge on any atom is 0.311 e. The maximum absolute atomic E-state index is 11.1. The minimum Gasteiger partial charge on any atom is -0.370 e. The Balaban J connectivity index is 3.24. The van der Waals surface area contributed by atoms with Gasteiger partial charge < -0.3 is 10.2 Å². The van der Waals surface area contributed by atoms with Gasteiger partial charge in [-0.05, 0) is 33.3 Å². The third kappa shape index (κ3) is 3.81. The maximum atomic E-state index is 11.1. The van der Waals surface area contributed by atoms with Gasteiger partial charge in [0, 0.05) is 25.2 Å². The lowest BCUT2D eigenvalue weighted by Crippen LogP contribution is -2.33. The number of nitrogens with zero attached hydrogens (tertiary/aromatic N) is 3. The summed E-state index contributed by atoms with van der Waals surface area (Å²) in [5, 5.41) is 14.2. The van der Waals surface area contributed by atoms with Gasteiger partial charge in [-0.3, -0.25) is 10.1 Å². The molecule has 0 radical (unpaired) electrons. The lowest BCUT2D eigenvalue weighted by molar-refractivity contribution is -0.384. The van der Waals surface area contributed by atoms with Gasteiger partial charge in [-0.25, -0.2) is 4.98 Å². The first-order chi connectivity index (χ1) is 9.01. The zero-order chi connectivity index (χ0) is 14.4. The van der Waals surface area contributed by atoms with E-state index in [1.54, 1.807) is 6.07 Å². The molecule has 0 aliphatic carbocycles. The predicted molar refractivity (Wildman–Crippen MR) is 77.8 cm³/mol. The zero-order valence-corrected chi connectivity index (χ0v) is 12.0. The number of hydrogen-bond acceptors (Lipinski definition) is 5. The fourth-order valence-electron chi connectivity index (χ4n) is 1.92. The predicted octanol–water partition coefficient (Wildman–Crippen LogP) is 3.05. The number of nitro groups is 1. The Bertz CT molecular complexity index is 435. The van der Waals surface area contributed by atoms with Crippen LogP contribution in [0.3, 0.4) is 0 Å². The van der Waals surface area contributed by atoms with Crippen molar-refractivity contribution in [1.29, 1.82) is 0 Å². The van der Waals surface area contributed by atoms with Crippen LogP contribution in [0.2, 0.25) is 0 Å². The highest BCUT2D eigenvalue weighted by atomic mass is 16.6. The van der Waals surface area contributed by atoms with Crippen molar-refractivity contribution < 1.29 is 4.92 Å². The fraction of sp³-hybridized carbons (Fsp3) is 0.615. The zero-order valence-electron chi connectivity index (χ0n) is 12.0. The SMILES string of the molecule is CCCN(c1nc(NCC)ccc1[N+](=O)[O-])C(C)C. The first kappa shape index (κ1) is 15.2. The highest BCUT2D eigenvalue weighted by Gasteiger charge is 2.23. The van der Waals surface area contributed by atoms with Crippen LogP contribution in [0.25, 0.3) is 0 Å². The molecule has 1 aromatic rings. The molecule has 1 N–H and O–H groups in total. The number of rotatable bonds is 7. The van der Waals surface area contributed by atoms with Crippen molar-refractivity contribution in [3.05, 3.63) is 22.2 Å². The van der Waals surface area contributed by atoms with Gasteiger partial charge in [-0.1, -0.05) is 6.92 Å². The second-order valence-electron chi connectivity index (χ2n) is 4.61. The summed E-state index contributed by atoms with van der Waals surface area (Å²) in [5.74, 6) is 1.12. The minimum absolute atomic E-state index is 0.0591. The topological polar surface area (TPSA) is 71.3 Å². The van der Waals surface area contributed by atoms with Crippen molar-refractivity contribution in [2.45, 2.75) is 40.2 Å². The molecular formula is C13H22N4O2. The second-order valence-corrected chi connectivity index (χ2v) is 4.61. The second kappa shape index (κ2) is 6.92. The Hall–Kier alpha value is -1.85. The van der Waals surface area contributed by atoms with Crippen LogP contribution < -0.4 is 10.2 Å². The normalized spacial score (nSPS) is 10.6. The molecule has 19 heavy (non-hydrogen) atoms. The van der Waals surface area contributed by atoms with E-state index < -0.39 is 0 Å². The number of aromatic nitrogens is 1. The van der Waals surface area contributed by atoms with Gasteiger partial charge in [0.2, 0.25) is 5.82 Å². The summed E-state index contributed by atoms with van der Waals surface area (Å²) in [5.41, 5.74) is 0.0591. The minimum atomic E-state index is -0.372. The van der Waals surface area contributed by atoms with Crippen LogP contribution in [0.15, 0.2) is 12.1 Å². The Morgan fingerprint density at radius 1 is 1.42 bits per heavy atom. The van der Waals surface area contributed by atoms with Gasteiger partial charge in [0.25, 0.3) is 0 Å². The molecule has 6 heteroatoms. The van der Waals surface area contributed by atoms with E-state index in [2.05, 4.69) is 17.2 Å². The summed E-state index contributed by atoms with van der Waals surface area (Å²) < 4.78 is 0. The summed E-state index contributed by atoms with van der Waals surface area (Å²) >= 11 is 0. The van der Waals surface area contributed by atoms with E-state index in [0.29, 0.717) is 11.6 Å². The van der Waals surface area contributed by atoms with Crippen LogP contribution >= 0.6 is 0 Å². The molecule has 0 aliphatic heterocycles. The summed E-state index contributed by atoms with van der Waals surface area (Å²) in [4.78, 5) is 17.1. The van der Waals surface area contributed by atoms with Crippen molar-refractivity contribution in [2.75, 3.05) is 23.3 Å². The molecular weight excluding hydrogens is 244 g/mol. The molecule has 0 unspecified atom stereocenters. The quantitative estimate of drug-likeness (QED) is 0.606. The largest absolute Gasteiger partial charge is 0.370 e. The van der Waals surface area contributed by atoms with E-state index in [0.717, 1.165) is 19.5 Å². The molecule has 0 spiro atoms. The summed E-state index contributed by atoms with van der Waals surface area (Å²) in [7, 11) is 0. The van der Waals surface area contributed by atoms with Crippen LogP contribution in [0.1, 0.15) is 34.1 Å². The van der Waals surface area contributed by atoms with E-state index in [1.807, 2.05) is 25.7 Å². The van der Waals surface area contributed by atoms with Gasteiger partial charge >= 0.3 is 5.69 Å². The molecule has 1 heterocycles. The van der Waals surface area contributed by atoms with Gasteiger partial charge in [-0.2, -0.15) is 0 Å². The van der Waals surface area contributed by atoms with Crippen LogP contribution in [-0.2, 0) is 0 Å². The highest BCUT2D eigenvalue weighted by Crippen LogP contribution is 2.29. The Morgan fingerprint density at radius 2 is 2.11 bits per heavy atom. The fourth-order valence-corrected chi connectivity index (χ4v) is 1.92. The molecule has 0 fully saturated rings. The molecule has 0 aliphatic rings. The van der Waals surface area contributed by atoms with Crippen molar-refractivity contribution in [1.82, 2.24) is 4.98 Å². The van der Waals surface area contributed by atoms with Crippen molar-refractivity contribution in [3.8, 4) is 0 Å². The Morgan fingerprint density at radius 3 is 2.58 bits per heavy atom. The van der Waals surface area contributed by atoms with Gasteiger partial charge in [0.15, 0.2) is 0 Å². The third-order valence-electron chi connectivity index (χ3n) is 2.77. The molecule has 0 saturated carbocycles. The van der Waals surface area contributed by atoms with Crippen LogP contribution in [0.5, 0.6) is 0 Å². The number of anilines is 2. The average molecular weight is 266 g/mol. The van der Waals surface area contributed by atoms with Crippen molar-refractivity contribution in [2.24, 2.45) is 0 Å². The van der Waals surface area contributed by atoms with Crippen LogP contribution in [0.4, 0.5) is 17.3 Å². The van der Waals surface area contributed by atoms with E-state index in [9.17, 15) is 10.1 Å². The lowest BCUT2D eigenvalue weighted by atomic mass is 10.2. The molecule has 106 valence electrons. The van der Waals surface area contributed by atoms with Crippen LogP contribution in [-0.4, -0.2) is 29.0 Å². The number of nitrogens with one attached hydrogen (secondary N) is 1. The highest BCUT2D eigenvalue weighted by molar-refractivity contribution is 5.62. The molecule has 0 bridgehead atoms. The monoisotopic (exact) mass is 266 g/mol. The summed E-state index contributed by atoms with van der Waals surface area (Å²) in [6, 6.07) is 3.34. The van der Waals surface area contributed by atoms with E-state index in [1.165, 1.54) is 6.07 Å². The number of hydrogen-bond donors (Lipinski definition) is 1. The molecule has 0 saturated heterocycles. The molecule has 0 atom stereocenters. The van der Waals surface area contributed by atoms with E-state index >= 15 is 0 Å². The lowest BCUT2D eigenvalue weighted by Gasteiger charge is -2.27. The first-order valence-electron chi connectivity index (χ1n) is 6.67. The summed E-state index contributed by atoms with van der Waals surface area (Å²) in [6.07, 6.45) is 0.919. The Labute approximate surface area is 114 Å². The summed E-state index contributed by atoms with van der Waals surface area (Å²) in [6.45, 7) is 9.53. The molecule has 0 amide bonds. The van der Waals surface area contributed by atoms with Gasteiger partial charge in [0.05, 0.1) is 4.92 Å². The molecule has 0 aromatic carbocycles. The smallest absolute Gasteiger partial charge is 0.311 e. The first-order valence-corrected chi connectivity index (χ1v) is 6.67. The van der Waals surface area contributed by atoms with Crippen molar-refractivity contribution >= 4 is 17.3 Å². The van der Waals surface area contributed by atoms with Gasteiger partial charge in [0.1, 0.15) is 5.82 Å². The van der Waals surface area contributed by atoms with Gasteiger partial charge in [-0.15, -0.1) is 0 Å². The van der Waals surface area contributed by atoms with Crippen molar-refractivity contribution in [3.63, 3.8) is 0 Å². The van der Waals surface area contributed by atoms with E-state index in [4.69, 9.17) is 0 Å². The molecule has 6 nitrogen and oxygen atoms in total. The molecule has 1 rings (SSSR count).